The van der Waals surface area contributed by atoms with Crippen LogP contribution >= 0.6 is 0 Å². The fraction of sp³-hybridized carbons (Fsp3) is 0.571. The number of rotatable bonds is 13. The summed E-state index contributed by atoms with van der Waals surface area (Å²) in [5.74, 6) is 0. The van der Waals surface area contributed by atoms with Crippen LogP contribution in [0.2, 0.25) is 0 Å². The average molecular weight is 437 g/mol. The molecule has 0 heterocycles. The summed E-state index contributed by atoms with van der Waals surface area (Å²) in [6.07, 6.45) is 12.2. The third-order valence-electron chi connectivity index (χ3n) is 7.17. The van der Waals surface area contributed by atoms with Crippen molar-refractivity contribution in [2.24, 2.45) is 11.5 Å². The van der Waals surface area contributed by atoms with Crippen LogP contribution in [0, 0.1) is 0 Å². The molecule has 0 saturated heterocycles. The SMILES string of the molecule is N[C@H]1c2ccccc2C[C@H]1OCCCCCCCCCCO[C@@H]1Cc2ccccc2[C@@H]1N. The Labute approximate surface area is 193 Å². The molecule has 0 unspecified atom stereocenters. The molecule has 0 radical (unpaired) electrons. The Morgan fingerprint density at radius 2 is 0.938 bits per heavy atom. The van der Waals surface area contributed by atoms with Gasteiger partial charge in [0.15, 0.2) is 0 Å². The molecule has 0 fully saturated rings. The Morgan fingerprint density at radius 1 is 0.562 bits per heavy atom. The van der Waals surface area contributed by atoms with Crippen molar-refractivity contribution in [3.05, 3.63) is 70.8 Å². The molecule has 4 rings (SSSR count). The Kier molecular flexibility index (Phi) is 8.75. The third-order valence-corrected chi connectivity index (χ3v) is 7.17. The Balaban J connectivity index is 0.954. The second kappa shape index (κ2) is 11.9. The lowest BCUT2D eigenvalue weighted by atomic mass is 10.1. The predicted octanol–water partition coefficient (Wildman–Crippen LogP) is 5.39. The summed E-state index contributed by atoms with van der Waals surface area (Å²) in [6.45, 7) is 1.66. The summed E-state index contributed by atoms with van der Waals surface area (Å²) in [5.41, 5.74) is 17.9. The number of unbranched alkanes of at least 4 members (excludes halogenated alkanes) is 7. The van der Waals surface area contributed by atoms with E-state index in [4.69, 9.17) is 20.9 Å². The Morgan fingerprint density at radius 3 is 1.34 bits per heavy atom. The van der Waals surface area contributed by atoms with Gasteiger partial charge in [0, 0.05) is 26.1 Å². The van der Waals surface area contributed by atoms with Gasteiger partial charge in [-0.25, -0.2) is 0 Å². The normalized spacial score (nSPS) is 23.9. The summed E-state index contributed by atoms with van der Waals surface area (Å²) in [6, 6.07) is 17.0. The molecule has 2 aliphatic rings. The van der Waals surface area contributed by atoms with Gasteiger partial charge in [0.1, 0.15) is 0 Å². The minimum atomic E-state index is 0.0370. The van der Waals surface area contributed by atoms with Crippen LogP contribution in [0.1, 0.15) is 85.7 Å². The van der Waals surface area contributed by atoms with Crippen LogP contribution in [0.4, 0.5) is 0 Å². The predicted molar refractivity (Wildman–Crippen MR) is 131 cm³/mol. The van der Waals surface area contributed by atoms with Crippen molar-refractivity contribution in [2.75, 3.05) is 13.2 Å². The second-order valence-corrected chi connectivity index (χ2v) is 9.50. The van der Waals surface area contributed by atoms with Crippen LogP contribution in [-0.4, -0.2) is 25.4 Å². The molecular weight excluding hydrogens is 396 g/mol. The van der Waals surface area contributed by atoms with Gasteiger partial charge in [-0.05, 0) is 35.1 Å². The summed E-state index contributed by atoms with van der Waals surface area (Å²) in [5, 5.41) is 0. The first-order chi connectivity index (χ1) is 15.7. The first-order valence-electron chi connectivity index (χ1n) is 12.6. The van der Waals surface area contributed by atoms with E-state index in [1.807, 2.05) is 0 Å². The maximum Gasteiger partial charge on any atom is 0.0808 e. The zero-order chi connectivity index (χ0) is 22.2. The molecule has 4 atom stereocenters. The number of fused-ring (bicyclic) bond motifs is 2. The lowest BCUT2D eigenvalue weighted by Crippen LogP contribution is -2.25. The smallest absolute Gasteiger partial charge is 0.0808 e. The van der Waals surface area contributed by atoms with Crippen LogP contribution in [-0.2, 0) is 22.3 Å². The number of hydrogen-bond donors (Lipinski definition) is 2. The number of benzene rings is 2. The fourth-order valence-corrected chi connectivity index (χ4v) is 5.24. The van der Waals surface area contributed by atoms with Gasteiger partial charge in [-0.1, -0.05) is 87.1 Å². The van der Waals surface area contributed by atoms with Gasteiger partial charge in [0.05, 0.1) is 24.3 Å². The molecule has 174 valence electrons. The van der Waals surface area contributed by atoms with E-state index in [0.717, 1.165) is 38.9 Å². The van der Waals surface area contributed by atoms with E-state index in [1.54, 1.807) is 0 Å². The summed E-state index contributed by atoms with van der Waals surface area (Å²) >= 11 is 0. The second-order valence-electron chi connectivity index (χ2n) is 9.50. The summed E-state index contributed by atoms with van der Waals surface area (Å²) in [4.78, 5) is 0. The van der Waals surface area contributed by atoms with Crippen LogP contribution in [0.3, 0.4) is 0 Å². The maximum absolute atomic E-state index is 6.34. The monoisotopic (exact) mass is 436 g/mol. The third kappa shape index (κ3) is 5.99. The first-order valence-corrected chi connectivity index (χ1v) is 12.6. The lowest BCUT2D eigenvalue weighted by Gasteiger charge is -2.17. The van der Waals surface area contributed by atoms with Crippen molar-refractivity contribution < 1.29 is 9.47 Å². The number of ether oxygens (including phenoxy) is 2. The van der Waals surface area contributed by atoms with Crippen molar-refractivity contribution in [3.63, 3.8) is 0 Å². The molecule has 0 saturated carbocycles. The average Bonchev–Trinajstić information content (AvgIpc) is 3.31. The fourth-order valence-electron chi connectivity index (χ4n) is 5.24. The van der Waals surface area contributed by atoms with E-state index >= 15 is 0 Å². The summed E-state index contributed by atoms with van der Waals surface area (Å²) < 4.78 is 12.2. The molecule has 0 aromatic heterocycles. The van der Waals surface area contributed by atoms with Gasteiger partial charge in [-0.2, -0.15) is 0 Å². The topological polar surface area (TPSA) is 70.5 Å². The van der Waals surface area contributed by atoms with E-state index in [0.29, 0.717) is 0 Å². The van der Waals surface area contributed by atoms with E-state index in [-0.39, 0.29) is 24.3 Å². The van der Waals surface area contributed by atoms with E-state index in [9.17, 15) is 0 Å². The van der Waals surface area contributed by atoms with Crippen molar-refractivity contribution >= 4 is 0 Å². The van der Waals surface area contributed by atoms with Crippen LogP contribution < -0.4 is 11.5 Å². The zero-order valence-electron chi connectivity index (χ0n) is 19.4. The molecule has 4 heteroatoms. The number of nitrogens with two attached hydrogens (primary N) is 2. The standard InChI is InChI=1S/C28H40N2O2/c29-27-23-15-9-7-13-21(23)19-25(27)31-17-11-5-3-1-2-4-6-12-18-32-26-20-22-14-8-10-16-24(22)28(26)30/h7-10,13-16,25-28H,1-6,11-12,17-20,29-30H2/t25-,26-,27+,28+/m1/s1. The highest BCUT2D eigenvalue weighted by atomic mass is 16.5. The molecule has 0 aliphatic heterocycles. The van der Waals surface area contributed by atoms with Crippen molar-refractivity contribution in [2.45, 2.75) is 88.5 Å². The molecule has 0 spiro atoms. The molecule has 2 aliphatic carbocycles. The van der Waals surface area contributed by atoms with Gasteiger partial charge >= 0.3 is 0 Å². The first kappa shape index (κ1) is 23.4. The van der Waals surface area contributed by atoms with Crippen molar-refractivity contribution in [1.82, 2.24) is 0 Å². The highest BCUT2D eigenvalue weighted by Gasteiger charge is 2.30. The van der Waals surface area contributed by atoms with E-state index in [1.165, 1.54) is 60.8 Å². The van der Waals surface area contributed by atoms with E-state index < -0.39 is 0 Å². The molecule has 32 heavy (non-hydrogen) atoms. The Hall–Kier alpha value is -1.72. The van der Waals surface area contributed by atoms with E-state index in [2.05, 4.69) is 48.5 Å². The molecule has 4 nitrogen and oxygen atoms in total. The highest BCUT2D eigenvalue weighted by molar-refractivity contribution is 5.37. The van der Waals surface area contributed by atoms with Gasteiger partial charge in [0.2, 0.25) is 0 Å². The molecule has 4 N–H and O–H groups in total. The zero-order valence-corrected chi connectivity index (χ0v) is 19.4. The van der Waals surface area contributed by atoms with Crippen LogP contribution in [0.15, 0.2) is 48.5 Å². The largest absolute Gasteiger partial charge is 0.376 e. The quantitative estimate of drug-likeness (QED) is 0.413. The Bertz CT molecular complexity index is 770. The van der Waals surface area contributed by atoms with Crippen molar-refractivity contribution in [1.29, 1.82) is 0 Å². The van der Waals surface area contributed by atoms with Gasteiger partial charge in [-0.15, -0.1) is 0 Å². The molecule has 0 amide bonds. The van der Waals surface area contributed by atoms with Gasteiger partial charge in [0.25, 0.3) is 0 Å². The minimum Gasteiger partial charge on any atom is -0.376 e. The molecule has 2 aromatic rings. The van der Waals surface area contributed by atoms with Gasteiger partial charge < -0.3 is 20.9 Å². The minimum absolute atomic E-state index is 0.0370. The molecule has 2 aromatic carbocycles. The highest BCUT2D eigenvalue weighted by Crippen LogP contribution is 2.32. The van der Waals surface area contributed by atoms with Gasteiger partial charge in [-0.3, -0.25) is 0 Å². The molecular formula is C28H40N2O2. The van der Waals surface area contributed by atoms with Crippen LogP contribution in [0.5, 0.6) is 0 Å². The molecule has 0 bridgehead atoms. The maximum atomic E-state index is 6.34. The number of hydrogen-bond acceptors (Lipinski definition) is 4. The lowest BCUT2D eigenvalue weighted by molar-refractivity contribution is 0.0406. The van der Waals surface area contributed by atoms with Crippen molar-refractivity contribution in [3.8, 4) is 0 Å². The van der Waals surface area contributed by atoms with Crippen LogP contribution in [0.25, 0.3) is 0 Å². The summed E-state index contributed by atoms with van der Waals surface area (Å²) in [7, 11) is 0.